The van der Waals surface area contributed by atoms with E-state index in [2.05, 4.69) is 0 Å². The lowest BCUT2D eigenvalue weighted by Crippen LogP contribution is -2.38. The Hall–Kier alpha value is -2.11. The number of anilines is 1. The van der Waals surface area contributed by atoms with Gasteiger partial charge < -0.3 is 10.6 Å². The third-order valence-electron chi connectivity index (χ3n) is 3.84. The Morgan fingerprint density at radius 2 is 2.10 bits per heavy atom. The molecule has 1 saturated carbocycles. The Morgan fingerprint density at radius 1 is 1.45 bits per heavy atom. The van der Waals surface area contributed by atoms with Gasteiger partial charge in [0.25, 0.3) is 11.6 Å². The van der Waals surface area contributed by atoms with Gasteiger partial charge in [0, 0.05) is 24.2 Å². The lowest BCUT2D eigenvalue weighted by molar-refractivity contribution is -0.383. The largest absolute Gasteiger partial charge is 0.393 e. The van der Waals surface area contributed by atoms with Crippen LogP contribution in [0.4, 0.5) is 11.4 Å². The maximum Gasteiger partial charge on any atom is 0.292 e. The highest BCUT2D eigenvalue weighted by molar-refractivity contribution is 5.95. The number of nitrogen functional groups attached to an aromatic ring is 1. The van der Waals surface area contributed by atoms with Gasteiger partial charge in [-0.15, -0.1) is 0 Å². The summed E-state index contributed by atoms with van der Waals surface area (Å²) in [4.78, 5) is 24.7. The second-order valence-electron chi connectivity index (χ2n) is 5.06. The maximum absolute atomic E-state index is 12.5. The predicted octanol–water partition coefficient (Wildman–Crippen LogP) is 2.58. The number of nitrogens with zero attached hydrogens (tertiary/aromatic N) is 2. The Bertz CT molecular complexity index is 524. The molecule has 0 bridgehead atoms. The van der Waals surface area contributed by atoms with Gasteiger partial charge in [0.2, 0.25) is 0 Å². The molecule has 1 fully saturated rings. The molecule has 2 N–H and O–H groups in total. The molecule has 2 rings (SSSR count). The zero-order valence-corrected chi connectivity index (χ0v) is 11.5. The number of amides is 1. The Kier molecular flexibility index (Phi) is 4.22. The van der Waals surface area contributed by atoms with E-state index >= 15 is 0 Å². The summed E-state index contributed by atoms with van der Waals surface area (Å²) in [5.74, 6) is -0.150. The normalized spacial score (nSPS) is 15.2. The van der Waals surface area contributed by atoms with Crippen LogP contribution in [-0.4, -0.2) is 28.3 Å². The first-order valence-electron chi connectivity index (χ1n) is 6.89. The highest BCUT2D eigenvalue weighted by atomic mass is 16.6. The maximum atomic E-state index is 12.5. The van der Waals surface area contributed by atoms with Crippen LogP contribution in [0.15, 0.2) is 18.2 Å². The number of hydrogen-bond donors (Lipinski definition) is 1. The number of nitro groups is 1. The van der Waals surface area contributed by atoms with E-state index in [9.17, 15) is 14.9 Å². The van der Waals surface area contributed by atoms with Crippen LogP contribution in [0.1, 0.15) is 43.0 Å². The fourth-order valence-corrected chi connectivity index (χ4v) is 2.78. The molecule has 6 nitrogen and oxygen atoms in total. The fraction of sp³-hybridized carbons (Fsp3) is 0.500. The van der Waals surface area contributed by atoms with E-state index in [-0.39, 0.29) is 23.3 Å². The van der Waals surface area contributed by atoms with Crippen LogP contribution in [0.3, 0.4) is 0 Å². The van der Waals surface area contributed by atoms with Crippen LogP contribution in [0, 0.1) is 10.1 Å². The van der Waals surface area contributed by atoms with Gasteiger partial charge in [0.05, 0.1) is 4.92 Å². The molecule has 1 aliphatic carbocycles. The fourth-order valence-electron chi connectivity index (χ4n) is 2.78. The molecular formula is C14H19N3O3. The van der Waals surface area contributed by atoms with E-state index in [1.54, 1.807) is 6.07 Å². The van der Waals surface area contributed by atoms with E-state index < -0.39 is 4.92 Å². The monoisotopic (exact) mass is 277 g/mol. The van der Waals surface area contributed by atoms with Gasteiger partial charge in [-0.3, -0.25) is 14.9 Å². The summed E-state index contributed by atoms with van der Waals surface area (Å²) in [6.45, 7) is 2.55. The molecule has 0 radical (unpaired) electrons. The highest BCUT2D eigenvalue weighted by Gasteiger charge is 2.27. The van der Waals surface area contributed by atoms with E-state index in [0.29, 0.717) is 12.1 Å². The number of rotatable bonds is 4. The SMILES string of the molecule is CCN(C(=O)c1ccc(N)c([N+](=O)[O-])c1)C1CCCC1. The zero-order chi connectivity index (χ0) is 14.7. The number of carbonyl (C=O) groups is 1. The van der Waals surface area contributed by atoms with Crippen molar-refractivity contribution in [2.45, 2.75) is 38.6 Å². The van der Waals surface area contributed by atoms with Crippen LogP contribution < -0.4 is 5.73 Å². The smallest absolute Gasteiger partial charge is 0.292 e. The average molecular weight is 277 g/mol. The molecule has 0 saturated heterocycles. The minimum absolute atomic E-state index is 0.0791. The second kappa shape index (κ2) is 5.90. The summed E-state index contributed by atoms with van der Waals surface area (Å²) in [5.41, 5.74) is 5.76. The van der Waals surface area contributed by atoms with Gasteiger partial charge >= 0.3 is 0 Å². The highest BCUT2D eigenvalue weighted by Crippen LogP contribution is 2.27. The molecule has 1 amide bonds. The topological polar surface area (TPSA) is 89.5 Å². The number of benzene rings is 1. The molecule has 1 aromatic rings. The minimum Gasteiger partial charge on any atom is -0.393 e. The van der Waals surface area contributed by atoms with Gasteiger partial charge in [-0.25, -0.2) is 0 Å². The summed E-state index contributed by atoms with van der Waals surface area (Å²) >= 11 is 0. The van der Waals surface area contributed by atoms with E-state index in [1.165, 1.54) is 12.1 Å². The Morgan fingerprint density at radius 3 is 2.65 bits per heavy atom. The lowest BCUT2D eigenvalue weighted by Gasteiger charge is -2.27. The van der Waals surface area contributed by atoms with Gasteiger partial charge in [-0.2, -0.15) is 0 Å². The lowest BCUT2D eigenvalue weighted by atomic mass is 10.1. The van der Waals surface area contributed by atoms with Crippen molar-refractivity contribution >= 4 is 17.3 Å². The van der Waals surface area contributed by atoms with Crippen molar-refractivity contribution < 1.29 is 9.72 Å². The molecule has 0 aromatic heterocycles. The van der Waals surface area contributed by atoms with Gasteiger partial charge in [-0.1, -0.05) is 12.8 Å². The molecule has 0 aliphatic heterocycles. The number of nitro benzene ring substituents is 1. The van der Waals surface area contributed by atoms with Crippen molar-refractivity contribution in [1.29, 1.82) is 0 Å². The minimum atomic E-state index is -0.558. The van der Waals surface area contributed by atoms with Crippen LogP contribution in [0.5, 0.6) is 0 Å². The second-order valence-corrected chi connectivity index (χ2v) is 5.06. The summed E-state index contributed by atoms with van der Waals surface area (Å²) in [7, 11) is 0. The summed E-state index contributed by atoms with van der Waals surface area (Å²) in [5, 5.41) is 10.9. The van der Waals surface area contributed by atoms with Gasteiger partial charge in [0.15, 0.2) is 0 Å². The van der Waals surface area contributed by atoms with Crippen molar-refractivity contribution in [1.82, 2.24) is 4.90 Å². The molecule has 0 unspecified atom stereocenters. The van der Waals surface area contributed by atoms with Crippen LogP contribution in [-0.2, 0) is 0 Å². The Labute approximate surface area is 117 Å². The first-order valence-corrected chi connectivity index (χ1v) is 6.89. The third kappa shape index (κ3) is 2.74. The van der Waals surface area contributed by atoms with Crippen molar-refractivity contribution in [2.24, 2.45) is 0 Å². The number of nitrogens with two attached hydrogens (primary N) is 1. The standard InChI is InChI=1S/C14H19N3O3/c1-2-16(11-5-3-4-6-11)14(18)10-7-8-12(15)13(9-10)17(19)20/h7-9,11H,2-6,15H2,1H3. The molecular weight excluding hydrogens is 258 g/mol. The molecule has 0 spiro atoms. The molecule has 108 valence electrons. The first-order chi connectivity index (χ1) is 9.54. The molecule has 0 heterocycles. The van der Waals surface area contributed by atoms with Crippen LogP contribution in [0.25, 0.3) is 0 Å². The van der Waals surface area contributed by atoms with Crippen molar-refractivity contribution in [3.8, 4) is 0 Å². The molecule has 20 heavy (non-hydrogen) atoms. The van der Waals surface area contributed by atoms with Gasteiger partial charge in [-0.05, 0) is 31.9 Å². The van der Waals surface area contributed by atoms with Crippen molar-refractivity contribution in [2.75, 3.05) is 12.3 Å². The molecule has 0 atom stereocenters. The number of carbonyl (C=O) groups excluding carboxylic acids is 1. The molecule has 6 heteroatoms. The zero-order valence-electron chi connectivity index (χ0n) is 11.5. The summed E-state index contributed by atoms with van der Waals surface area (Å²) in [6, 6.07) is 4.51. The average Bonchev–Trinajstić information content (AvgIpc) is 2.93. The molecule has 1 aromatic carbocycles. The van der Waals surface area contributed by atoms with Crippen molar-refractivity contribution in [3.63, 3.8) is 0 Å². The first kappa shape index (κ1) is 14.3. The van der Waals surface area contributed by atoms with Crippen LogP contribution >= 0.6 is 0 Å². The number of hydrogen-bond acceptors (Lipinski definition) is 4. The quantitative estimate of drug-likeness (QED) is 0.520. The van der Waals surface area contributed by atoms with Crippen molar-refractivity contribution in [3.05, 3.63) is 33.9 Å². The summed E-state index contributed by atoms with van der Waals surface area (Å²) < 4.78 is 0. The molecule has 1 aliphatic rings. The van der Waals surface area contributed by atoms with E-state index in [1.807, 2.05) is 11.8 Å². The summed E-state index contributed by atoms with van der Waals surface area (Å²) in [6.07, 6.45) is 4.29. The predicted molar refractivity (Wildman–Crippen MR) is 76.5 cm³/mol. The van der Waals surface area contributed by atoms with E-state index in [4.69, 9.17) is 5.73 Å². The van der Waals surface area contributed by atoms with E-state index in [0.717, 1.165) is 25.7 Å². The Balaban J connectivity index is 2.27. The van der Waals surface area contributed by atoms with Crippen LogP contribution in [0.2, 0.25) is 0 Å². The third-order valence-corrected chi connectivity index (χ3v) is 3.84. The van der Waals surface area contributed by atoms with Gasteiger partial charge in [0.1, 0.15) is 5.69 Å².